The third-order valence-corrected chi connectivity index (χ3v) is 6.06. The van der Waals surface area contributed by atoms with E-state index in [4.69, 9.17) is 11.6 Å². The molecule has 7 heteroatoms. The van der Waals surface area contributed by atoms with Crippen LogP contribution in [-0.4, -0.2) is 9.97 Å². The molecule has 0 unspecified atom stereocenters. The van der Waals surface area contributed by atoms with Crippen LogP contribution in [0.1, 0.15) is 5.56 Å². The van der Waals surface area contributed by atoms with Crippen molar-refractivity contribution in [3.63, 3.8) is 0 Å². The number of rotatable bonds is 4. The van der Waals surface area contributed by atoms with Crippen LogP contribution in [0.4, 0.5) is 8.78 Å². The lowest BCUT2D eigenvalue weighted by molar-refractivity contribution is 0.566. The second-order valence-corrected chi connectivity index (χ2v) is 7.76. The Hall–Kier alpha value is -2.02. The minimum Gasteiger partial charge on any atom is -0.229 e. The van der Waals surface area contributed by atoms with Gasteiger partial charge in [-0.05, 0) is 29.8 Å². The number of aromatic nitrogens is 2. The molecule has 2 aromatic heterocycles. The molecule has 0 saturated heterocycles. The van der Waals surface area contributed by atoms with Crippen LogP contribution in [-0.2, 0) is 5.75 Å². The first-order valence-electron chi connectivity index (χ1n) is 7.67. The van der Waals surface area contributed by atoms with Crippen molar-refractivity contribution in [3.05, 3.63) is 76.4 Å². The summed E-state index contributed by atoms with van der Waals surface area (Å²) < 4.78 is 27.8. The summed E-state index contributed by atoms with van der Waals surface area (Å²) in [5.74, 6) is -0.947. The van der Waals surface area contributed by atoms with E-state index < -0.39 is 11.6 Å². The Labute approximate surface area is 161 Å². The molecule has 0 spiro atoms. The van der Waals surface area contributed by atoms with Gasteiger partial charge in [-0.15, -0.1) is 23.1 Å². The van der Waals surface area contributed by atoms with Crippen molar-refractivity contribution in [3.8, 4) is 11.1 Å². The maximum atomic E-state index is 13.9. The largest absolute Gasteiger partial charge is 0.229 e. The monoisotopic (exact) mass is 404 g/mol. The Bertz CT molecular complexity index is 1060. The Morgan fingerprint density at radius 2 is 1.73 bits per heavy atom. The van der Waals surface area contributed by atoms with E-state index in [0.717, 1.165) is 21.3 Å². The molecule has 0 amide bonds. The molecule has 0 atom stereocenters. The fourth-order valence-corrected chi connectivity index (χ4v) is 4.75. The number of halogens is 3. The number of thiophene rings is 1. The van der Waals surface area contributed by atoms with E-state index in [2.05, 4.69) is 9.97 Å². The fraction of sp³-hybridized carbons (Fsp3) is 0.0526. The van der Waals surface area contributed by atoms with Gasteiger partial charge in [0.25, 0.3) is 0 Å². The third kappa shape index (κ3) is 3.32. The van der Waals surface area contributed by atoms with E-state index in [9.17, 15) is 8.78 Å². The van der Waals surface area contributed by atoms with Crippen molar-refractivity contribution in [2.24, 2.45) is 0 Å². The van der Waals surface area contributed by atoms with E-state index in [1.165, 1.54) is 47.6 Å². The lowest BCUT2D eigenvalue weighted by atomic mass is 10.1. The van der Waals surface area contributed by atoms with Crippen molar-refractivity contribution >= 4 is 44.9 Å². The molecule has 0 fully saturated rings. The zero-order chi connectivity index (χ0) is 18.1. The predicted octanol–water partition coefficient (Wildman–Crippen LogP) is 6.58. The predicted molar refractivity (Wildman–Crippen MR) is 104 cm³/mol. The smallest absolute Gasteiger partial charge is 0.130 e. The van der Waals surface area contributed by atoms with Crippen molar-refractivity contribution in [1.29, 1.82) is 0 Å². The molecule has 2 heterocycles. The van der Waals surface area contributed by atoms with Crippen molar-refractivity contribution < 1.29 is 8.78 Å². The average Bonchev–Trinajstić information content (AvgIpc) is 3.07. The molecule has 130 valence electrons. The van der Waals surface area contributed by atoms with E-state index in [1.807, 2.05) is 29.6 Å². The third-order valence-electron chi connectivity index (χ3n) is 3.91. The highest BCUT2D eigenvalue weighted by Crippen LogP contribution is 2.39. The van der Waals surface area contributed by atoms with Crippen LogP contribution in [0.25, 0.3) is 21.3 Å². The molecule has 0 bridgehead atoms. The summed E-state index contributed by atoms with van der Waals surface area (Å²) in [6.07, 6.45) is 1.48. The highest BCUT2D eigenvalue weighted by Gasteiger charge is 2.15. The normalized spacial score (nSPS) is 11.2. The van der Waals surface area contributed by atoms with Crippen LogP contribution in [0.5, 0.6) is 0 Å². The van der Waals surface area contributed by atoms with Crippen LogP contribution in [0.3, 0.4) is 0 Å². The Balaban J connectivity index is 1.74. The number of thioether (sulfide) groups is 1. The minimum absolute atomic E-state index is 0.0486. The fourth-order valence-electron chi connectivity index (χ4n) is 2.61. The molecule has 0 saturated carbocycles. The van der Waals surface area contributed by atoms with E-state index in [1.54, 1.807) is 0 Å². The Kier molecular flexibility index (Phi) is 4.89. The first-order chi connectivity index (χ1) is 12.6. The topological polar surface area (TPSA) is 25.8 Å². The molecule has 2 nitrogen and oxygen atoms in total. The molecule has 0 radical (unpaired) electrons. The standard InChI is InChI=1S/C19H11ClF2N2S2/c20-12-6-4-11(5-7-12)13-8-25-18-17(13)19(24-10-23-18)26-9-14-15(21)2-1-3-16(14)22/h1-8,10H,9H2. The number of hydrogen-bond acceptors (Lipinski definition) is 4. The number of benzene rings is 2. The van der Waals surface area contributed by atoms with Crippen molar-refractivity contribution in [1.82, 2.24) is 9.97 Å². The van der Waals surface area contributed by atoms with Gasteiger partial charge in [0.1, 0.15) is 27.8 Å². The van der Waals surface area contributed by atoms with Gasteiger partial charge in [0.05, 0.1) is 5.39 Å². The molecule has 0 aliphatic heterocycles. The summed E-state index contributed by atoms with van der Waals surface area (Å²) >= 11 is 8.78. The Morgan fingerprint density at radius 1 is 1.00 bits per heavy atom. The zero-order valence-corrected chi connectivity index (χ0v) is 15.6. The summed E-state index contributed by atoms with van der Waals surface area (Å²) in [5.41, 5.74) is 2.03. The first-order valence-corrected chi connectivity index (χ1v) is 9.91. The van der Waals surface area contributed by atoms with Gasteiger partial charge in [0.15, 0.2) is 0 Å². The second-order valence-electron chi connectivity index (χ2n) is 5.50. The van der Waals surface area contributed by atoms with Gasteiger partial charge in [0, 0.05) is 27.3 Å². The number of nitrogens with zero attached hydrogens (tertiary/aromatic N) is 2. The zero-order valence-electron chi connectivity index (χ0n) is 13.2. The quantitative estimate of drug-likeness (QED) is 0.283. The molecular weight excluding hydrogens is 394 g/mol. The van der Waals surface area contributed by atoms with Crippen LogP contribution in [0.2, 0.25) is 5.02 Å². The van der Waals surface area contributed by atoms with E-state index in [0.29, 0.717) is 10.0 Å². The lowest BCUT2D eigenvalue weighted by Crippen LogP contribution is -1.94. The number of fused-ring (bicyclic) bond motifs is 1. The van der Waals surface area contributed by atoms with Crippen LogP contribution in [0.15, 0.2) is 59.2 Å². The second kappa shape index (κ2) is 7.31. The van der Waals surface area contributed by atoms with Crippen molar-refractivity contribution in [2.75, 3.05) is 0 Å². The molecule has 0 aliphatic carbocycles. The van der Waals surface area contributed by atoms with Crippen LogP contribution in [0, 0.1) is 11.6 Å². The van der Waals surface area contributed by atoms with Crippen molar-refractivity contribution in [2.45, 2.75) is 10.8 Å². The highest BCUT2D eigenvalue weighted by atomic mass is 35.5. The van der Waals surface area contributed by atoms with E-state index >= 15 is 0 Å². The summed E-state index contributed by atoms with van der Waals surface area (Å²) in [6, 6.07) is 11.4. The van der Waals surface area contributed by atoms with Crippen LogP contribution >= 0.6 is 34.7 Å². The molecular formula is C19H11ClF2N2S2. The number of hydrogen-bond donors (Lipinski definition) is 0. The summed E-state index contributed by atoms with van der Waals surface area (Å²) in [4.78, 5) is 9.50. The van der Waals surface area contributed by atoms with Gasteiger partial charge >= 0.3 is 0 Å². The Morgan fingerprint density at radius 3 is 2.46 bits per heavy atom. The molecule has 0 N–H and O–H groups in total. The maximum absolute atomic E-state index is 13.9. The molecule has 2 aromatic carbocycles. The minimum atomic E-state index is -0.550. The molecule has 0 aliphatic rings. The van der Waals surface area contributed by atoms with E-state index in [-0.39, 0.29) is 11.3 Å². The lowest BCUT2D eigenvalue weighted by Gasteiger charge is -2.07. The highest BCUT2D eigenvalue weighted by molar-refractivity contribution is 7.98. The summed E-state index contributed by atoms with van der Waals surface area (Å²) in [5, 5.41) is 4.26. The summed E-state index contributed by atoms with van der Waals surface area (Å²) in [7, 11) is 0. The summed E-state index contributed by atoms with van der Waals surface area (Å²) in [6.45, 7) is 0. The van der Waals surface area contributed by atoms with Gasteiger partial charge in [-0.2, -0.15) is 0 Å². The molecule has 4 aromatic rings. The first kappa shape index (κ1) is 17.4. The van der Waals surface area contributed by atoms with Gasteiger partial charge in [-0.1, -0.05) is 29.8 Å². The van der Waals surface area contributed by atoms with Gasteiger partial charge < -0.3 is 0 Å². The molecule has 4 rings (SSSR count). The van der Waals surface area contributed by atoms with Crippen LogP contribution < -0.4 is 0 Å². The van der Waals surface area contributed by atoms with Gasteiger partial charge in [0.2, 0.25) is 0 Å². The maximum Gasteiger partial charge on any atom is 0.130 e. The van der Waals surface area contributed by atoms with Gasteiger partial charge in [-0.3, -0.25) is 0 Å². The molecule has 26 heavy (non-hydrogen) atoms. The SMILES string of the molecule is Fc1cccc(F)c1CSc1ncnc2scc(-c3ccc(Cl)cc3)c12. The average molecular weight is 405 g/mol. The van der Waals surface area contributed by atoms with Gasteiger partial charge in [-0.25, -0.2) is 18.7 Å².